The summed E-state index contributed by atoms with van der Waals surface area (Å²) in [6.45, 7) is 4.99. The second-order valence-corrected chi connectivity index (χ2v) is 9.20. The van der Waals surface area contributed by atoms with E-state index < -0.39 is 0 Å². The van der Waals surface area contributed by atoms with Gasteiger partial charge in [0.05, 0.1) is 11.1 Å². The number of likely N-dealkylation sites (tertiary alicyclic amines) is 1. The lowest BCUT2D eigenvalue weighted by atomic mass is 9.95. The minimum atomic E-state index is -0.322. The van der Waals surface area contributed by atoms with E-state index in [4.69, 9.17) is 9.47 Å². The van der Waals surface area contributed by atoms with Gasteiger partial charge in [0.25, 0.3) is 5.91 Å². The SMILES string of the molecule is C[C@H]1Cc2cc(CCN3CCC(NC(=O)c4ccc5c(c4)COC5=O)CC3)ccc2C(=O)O1. The highest BCUT2D eigenvalue weighted by Crippen LogP contribution is 2.23. The van der Waals surface area contributed by atoms with Crippen molar-refractivity contribution in [2.24, 2.45) is 0 Å². The number of piperidine rings is 1. The van der Waals surface area contributed by atoms with Gasteiger partial charge in [-0.05, 0) is 61.6 Å². The number of nitrogens with one attached hydrogen (secondary N) is 1. The van der Waals surface area contributed by atoms with E-state index in [0.717, 1.165) is 56.4 Å². The van der Waals surface area contributed by atoms with E-state index in [0.29, 0.717) is 16.7 Å². The molecule has 7 heteroatoms. The Morgan fingerprint density at radius 2 is 1.79 bits per heavy atom. The third-order valence-electron chi connectivity index (χ3n) is 6.79. The van der Waals surface area contributed by atoms with E-state index in [9.17, 15) is 14.4 Å². The molecule has 1 saturated heterocycles. The molecule has 0 radical (unpaired) electrons. The van der Waals surface area contributed by atoms with Crippen molar-refractivity contribution in [3.63, 3.8) is 0 Å². The third kappa shape index (κ3) is 4.64. The van der Waals surface area contributed by atoms with E-state index in [1.165, 1.54) is 5.56 Å². The molecule has 0 aliphatic carbocycles. The smallest absolute Gasteiger partial charge is 0.338 e. The predicted molar refractivity (Wildman–Crippen MR) is 121 cm³/mol. The van der Waals surface area contributed by atoms with Crippen LogP contribution in [0.1, 0.15) is 67.5 Å². The van der Waals surface area contributed by atoms with Crippen molar-refractivity contribution in [3.05, 3.63) is 69.8 Å². The number of carbonyl (C=O) groups excluding carboxylic acids is 3. The van der Waals surface area contributed by atoms with E-state index >= 15 is 0 Å². The molecule has 0 aromatic heterocycles. The standard InChI is InChI=1S/C26H28N2O5/c1-16-12-19-13-17(2-4-22(19)26(31)33-16)6-9-28-10-7-21(8-11-28)27-24(29)18-3-5-23-20(14-18)15-32-25(23)30/h2-5,13-14,16,21H,6-12,15H2,1H3,(H,27,29)/t16-/m0/s1. The number of ether oxygens (including phenoxy) is 2. The Morgan fingerprint density at radius 3 is 2.61 bits per heavy atom. The monoisotopic (exact) mass is 448 g/mol. The number of carbonyl (C=O) groups is 3. The first kappa shape index (κ1) is 21.6. The van der Waals surface area contributed by atoms with Crippen LogP contribution in [0.25, 0.3) is 0 Å². The highest BCUT2D eigenvalue weighted by atomic mass is 16.5. The molecule has 0 unspecified atom stereocenters. The van der Waals surface area contributed by atoms with Gasteiger partial charge in [-0.3, -0.25) is 4.79 Å². The number of hydrogen-bond acceptors (Lipinski definition) is 6. The van der Waals surface area contributed by atoms with Crippen molar-refractivity contribution >= 4 is 17.8 Å². The lowest BCUT2D eigenvalue weighted by molar-refractivity contribution is 0.0300. The molecule has 7 nitrogen and oxygen atoms in total. The zero-order chi connectivity index (χ0) is 22.9. The van der Waals surface area contributed by atoms with Crippen LogP contribution in [0.2, 0.25) is 0 Å². The van der Waals surface area contributed by atoms with Crippen LogP contribution in [0.3, 0.4) is 0 Å². The first-order valence-electron chi connectivity index (χ1n) is 11.6. The van der Waals surface area contributed by atoms with Crippen molar-refractivity contribution < 1.29 is 23.9 Å². The zero-order valence-corrected chi connectivity index (χ0v) is 18.8. The second kappa shape index (κ2) is 8.98. The molecule has 172 valence electrons. The number of amides is 1. The maximum absolute atomic E-state index is 12.7. The summed E-state index contributed by atoms with van der Waals surface area (Å²) in [5.41, 5.74) is 4.91. The van der Waals surface area contributed by atoms with Crippen LogP contribution in [0.4, 0.5) is 0 Å². The molecule has 0 spiro atoms. The summed E-state index contributed by atoms with van der Waals surface area (Å²) >= 11 is 0. The number of cyclic esters (lactones) is 2. The van der Waals surface area contributed by atoms with Gasteiger partial charge in [0, 0.05) is 43.2 Å². The minimum Gasteiger partial charge on any atom is -0.459 e. The van der Waals surface area contributed by atoms with E-state index in [-0.39, 0.29) is 36.6 Å². The molecule has 3 heterocycles. The molecule has 5 rings (SSSR count). The highest BCUT2D eigenvalue weighted by Gasteiger charge is 2.26. The molecule has 2 aromatic carbocycles. The van der Waals surface area contributed by atoms with E-state index in [1.54, 1.807) is 18.2 Å². The van der Waals surface area contributed by atoms with Crippen LogP contribution >= 0.6 is 0 Å². The van der Waals surface area contributed by atoms with Crippen molar-refractivity contribution in [2.45, 2.75) is 51.4 Å². The Balaban J connectivity index is 1.10. The molecule has 3 aliphatic heterocycles. The van der Waals surface area contributed by atoms with Crippen molar-refractivity contribution in [1.29, 1.82) is 0 Å². The van der Waals surface area contributed by atoms with Gasteiger partial charge in [-0.15, -0.1) is 0 Å². The fourth-order valence-electron chi connectivity index (χ4n) is 4.90. The molecule has 1 amide bonds. The van der Waals surface area contributed by atoms with Gasteiger partial charge in [-0.25, -0.2) is 9.59 Å². The van der Waals surface area contributed by atoms with Crippen molar-refractivity contribution in [2.75, 3.05) is 19.6 Å². The molecule has 1 atom stereocenters. The summed E-state index contributed by atoms with van der Waals surface area (Å²) in [5.74, 6) is -0.643. The second-order valence-electron chi connectivity index (χ2n) is 9.20. The molecular formula is C26H28N2O5. The quantitative estimate of drug-likeness (QED) is 0.708. The normalized spacial score (nSPS) is 20.6. The zero-order valence-electron chi connectivity index (χ0n) is 18.8. The van der Waals surface area contributed by atoms with Crippen LogP contribution in [-0.4, -0.2) is 54.5 Å². The number of rotatable bonds is 5. The topological polar surface area (TPSA) is 84.9 Å². The molecule has 1 fully saturated rings. The summed E-state index contributed by atoms with van der Waals surface area (Å²) in [6.07, 6.45) is 3.46. The Labute approximate surface area is 193 Å². The van der Waals surface area contributed by atoms with Gasteiger partial charge >= 0.3 is 11.9 Å². The summed E-state index contributed by atoms with van der Waals surface area (Å²) < 4.78 is 10.3. The van der Waals surface area contributed by atoms with Gasteiger partial charge < -0.3 is 19.7 Å². The first-order valence-corrected chi connectivity index (χ1v) is 11.6. The maximum atomic E-state index is 12.7. The molecule has 3 aliphatic rings. The molecular weight excluding hydrogens is 420 g/mol. The fourth-order valence-corrected chi connectivity index (χ4v) is 4.90. The van der Waals surface area contributed by atoms with Crippen LogP contribution < -0.4 is 5.32 Å². The van der Waals surface area contributed by atoms with Crippen molar-refractivity contribution in [3.8, 4) is 0 Å². The molecule has 0 saturated carbocycles. The lowest BCUT2D eigenvalue weighted by Crippen LogP contribution is -2.45. The Hall–Kier alpha value is -3.19. The van der Waals surface area contributed by atoms with Gasteiger partial charge in [0.1, 0.15) is 12.7 Å². The fraction of sp³-hybridized carbons (Fsp3) is 0.423. The van der Waals surface area contributed by atoms with Gasteiger partial charge in [0.15, 0.2) is 0 Å². The van der Waals surface area contributed by atoms with Crippen LogP contribution in [-0.2, 0) is 28.9 Å². The average molecular weight is 449 g/mol. The van der Waals surface area contributed by atoms with Gasteiger partial charge in [0.2, 0.25) is 0 Å². The van der Waals surface area contributed by atoms with Gasteiger partial charge in [-0.1, -0.05) is 12.1 Å². The number of nitrogens with zero attached hydrogens (tertiary/aromatic N) is 1. The Morgan fingerprint density at radius 1 is 1.03 bits per heavy atom. The van der Waals surface area contributed by atoms with Crippen LogP contribution in [0, 0.1) is 0 Å². The van der Waals surface area contributed by atoms with Crippen molar-refractivity contribution in [1.82, 2.24) is 10.2 Å². The number of benzene rings is 2. The Kier molecular flexibility index (Phi) is 5.89. The van der Waals surface area contributed by atoms with E-state index in [1.807, 2.05) is 19.1 Å². The summed E-state index contributed by atoms with van der Waals surface area (Å²) in [6, 6.07) is 11.3. The van der Waals surface area contributed by atoms with Gasteiger partial charge in [-0.2, -0.15) is 0 Å². The maximum Gasteiger partial charge on any atom is 0.338 e. The average Bonchev–Trinajstić information content (AvgIpc) is 3.18. The van der Waals surface area contributed by atoms with E-state index in [2.05, 4.69) is 16.3 Å². The molecule has 1 N–H and O–H groups in total. The largest absolute Gasteiger partial charge is 0.459 e. The molecule has 2 aromatic rings. The predicted octanol–water partition coefficient (Wildman–Crippen LogP) is 2.90. The number of esters is 2. The highest BCUT2D eigenvalue weighted by molar-refractivity contribution is 5.98. The van der Waals surface area contributed by atoms with Crippen LogP contribution in [0.5, 0.6) is 0 Å². The third-order valence-corrected chi connectivity index (χ3v) is 6.79. The molecule has 33 heavy (non-hydrogen) atoms. The summed E-state index contributed by atoms with van der Waals surface area (Å²) in [7, 11) is 0. The molecule has 0 bridgehead atoms. The summed E-state index contributed by atoms with van der Waals surface area (Å²) in [4.78, 5) is 38.7. The first-order chi connectivity index (χ1) is 16.0. The minimum absolute atomic E-state index is 0.0675. The number of fused-ring (bicyclic) bond motifs is 2. The number of hydrogen-bond donors (Lipinski definition) is 1. The Bertz CT molecular complexity index is 1100. The van der Waals surface area contributed by atoms with Crippen LogP contribution in [0.15, 0.2) is 36.4 Å². The lowest BCUT2D eigenvalue weighted by Gasteiger charge is -2.32. The summed E-state index contributed by atoms with van der Waals surface area (Å²) in [5, 5.41) is 3.14.